The third kappa shape index (κ3) is 12.7. The van der Waals surface area contributed by atoms with Gasteiger partial charge in [0.1, 0.15) is 13.1 Å². The zero-order chi connectivity index (χ0) is 24.7. The molecular weight excluding hydrogens is 418 g/mol. The Kier molecular flexibility index (Phi) is 13.1. The number of aliphatic imine (C=N–C) groups is 1. The first-order valence-electron chi connectivity index (χ1n) is 9.69. The molecule has 0 aromatic heterocycles. The van der Waals surface area contributed by atoms with E-state index < -0.39 is 0 Å². The molecule has 0 spiro atoms. The van der Waals surface area contributed by atoms with Crippen LogP contribution in [0.5, 0.6) is 0 Å². The molecule has 1 rings (SSSR count). The van der Waals surface area contributed by atoms with Gasteiger partial charge in [0.05, 0.1) is 20.1 Å². The SMILES string of the molecule is C#CC#CC#CC#CC#CC#CC#CC#CC#CC#CC#CC(=O)NCC[N+]1(C)CCN=C1C. The summed E-state index contributed by atoms with van der Waals surface area (Å²) in [5, 5.41) is 2.75. The second-order valence-corrected chi connectivity index (χ2v) is 6.17. The van der Waals surface area contributed by atoms with Crippen LogP contribution in [0, 0.1) is 131 Å². The van der Waals surface area contributed by atoms with Gasteiger partial charge in [-0.05, 0) is 94.7 Å². The molecule has 1 aliphatic rings. The van der Waals surface area contributed by atoms with Gasteiger partial charge in [0, 0.05) is 36.5 Å². The first-order valence-corrected chi connectivity index (χ1v) is 9.69. The quantitative estimate of drug-likeness (QED) is 0.479. The number of hydrogen-bond donors (Lipinski definition) is 1. The van der Waals surface area contributed by atoms with E-state index in [1.807, 2.05) is 6.92 Å². The summed E-state index contributed by atoms with van der Waals surface area (Å²) < 4.78 is 0.742. The third-order valence-corrected chi connectivity index (χ3v) is 3.98. The number of carbonyl (C=O) groups is 1. The summed E-state index contributed by atoms with van der Waals surface area (Å²) in [5.74, 6) is 52.2. The number of rotatable bonds is 3. The number of amides is 1. The van der Waals surface area contributed by atoms with Crippen molar-refractivity contribution in [3.05, 3.63) is 0 Å². The molecule has 4 nitrogen and oxygen atoms in total. The lowest BCUT2D eigenvalue weighted by molar-refractivity contribution is -0.813. The number of carbonyl (C=O) groups excluding carboxylic acids is 1. The minimum Gasteiger partial charge on any atom is -0.340 e. The maximum atomic E-state index is 11.7. The highest BCUT2D eigenvalue weighted by Gasteiger charge is 2.29. The molecule has 0 saturated heterocycles. The van der Waals surface area contributed by atoms with Crippen molar-refractivity contribution in [1.82, 2.24) is 5.32 Å². The second-order valence-electron chi connectivity index (χ2n) is 6.17. The fourth-order valence-electron chi connectivity index (χ4n) is 2.15. The van der Waals surface area contributed by atoms with Crippen molar-refractivity contribution in [1.29, 1.82) is 0 Å². The van der Waals surface area contributed by atoms with Crippen LogP contribution in [0.25, 0.3) is 0 Å². The number of amidine groups is 1. The van der Waals surface area contributed by atoms with E-state index in [2.05, 4.69) is 142 Å². The van der Waals surface area contributed by atoms with Crippen LogP contribution < -0.4 is 5.32 Å². The molecule has 4 heteroatoms. The highest BCUT2D eigenvalue weighted by molar-refractivity contribution is 5.94. The lowest BCUT2D eigenvalue weighted by Crippen LogP contribution is -2.50. The fourth-order valence-corrected chi connectivity index (χ4v) is 2.15. The third-order valence-electron chi connectivity index (χ3n) is 3.98. The first-order chi connectivity index (χ1) is 16.6. The maximum absolute atomic E-state index is 11.7. The first kappa shape index (κ1) is 26.3. The van der Waals surface area contributed by atoms with E-state index in [4.69, 9.17) is 6.42 Å². The summed E-state index contributed by atoms with van der Waals surface area (Å²) in [4.78, 5) is 16.1. The van der Waals surface area contributed by atoms with Gasteiger partial charge in [-0.1, -0.05) is 0 Å². The lowest BCUT2D eigenvalue weighted by Gasteiger charge is -2.28. The van der Waals surface area contributed by atoms with Gasteiger partial charge in [0.15, 0.2) is 5.84 Å². The molecule has 1 unspecified atom stereocenters. The molecule has 0 fully saturated rings. The number of quaternary nitrogens is 1. The average molecular weight is 434 g/mol. The molecule has 1 aliphatic heterocycles. The molecule has 0 radical (unpaired) electrons. The Bertz CT molecular complexity index is 1530. The Balaban J connectivity index is 2.35. The average Bonchev–Trinajstić information content (AvgIpc) is 3.15. The van der Waals surface area contributed by atoms with Crippen LogP contribution in [0.2, 0.25) is 0 Å². The molecule has 1 N–H and O–H groups in total. The van der Waals surface area contributed by atoms with E-state index in [-0.39, 0.29) is 5.91 Å². The van der Waals surface area contributed by atoms with E-state index in [9.17, 15) is 4.79 Å². The largest absolute Gasteiger partial charge is 0.340 e. The Labute approximate surface area is 202 Å². The molecule has 1 heterocycles. The number of nitrogens with zero attached hydrogens (tertiary/aromatic N) is 2. The molecule has 0 aromatic carbocycles. The van der Waals surface area contributed by atoms with Crippen molar-refractivity contribution in [2.45, 2.75) is 6.92 Å². The summed E-state index contributed by atoms with van der Waals surface area (Å²) in [6, 6.07) is 0. The summed E-state index contributed by atoms with van der Waals surface area (Å²) in [5.41, 5.74) is 0. The molecule has 34 heavy (non-hydrogen) atoms. The molecule has 0 saturated carbocycles. The Morgan fingerprint density at radius 2 is 1.21 bits per heavy atom. The number of terminal acetylenes is 1. The van der Waals surface area contributed by atoms with Crippen LogP contribution >= 0.6 is 0 Å². The predicted molar refractivity (Wildman–Crippen MR) is 133 cm³/mol. The fraction of sp³-hybridized carbons (Fsp3) is 0.200. The van der Waals surface area contributed by atoms with Gasteiger partial charge in [0.2, 0.25) is 0 Å². The van der Waals surface area contributed by atoms with E-state index >= 15 is 0 Å². The summed E-state index contributed by atoms with van der Waals surface area (Å²) >= 11 is 0. The number of likely N-dealkylation sites (N-methyl/N-ethyl adjacent to an activating group) is 1. The smallest absolute Gasteiger partial charge is 0.297 e. The van der Waals surface area contributed by atoms with Crippen molar-refractivity contribution < 1.29 is 9.28 Å². The van der Waals surface area contributed by atoms with E-state index in [1.165, 1.54) is 0 Å². The van der Waals surface area contributed by atoms with Gasteiger partial charge in [0.25, 0.3) is 5.91 Å². The number of nitrogens with one attached hydrogen (secondary N) is 1. The monoisotopic (exact) mass is 434 g/mol. The molecule has 0 aliphatic carbocycles. The van der Waals surface area contributed by atoms with Crippen LogP contribution in [0.15, 0.2) is 4.99 Å². The Morgan fingerprint density at radius 3 is 1.59 bits per heavy atom. The highest BCUT2D eigenvalue weighted by atomic mass is 16.1. The molecule has 1 atom stereocenters. The van der Waals surface area contributed by atoms with E-state index in [0.29, 0.717) is 6.54 Å². The molecule has 1 amide bonds. The van der Waals surface area contributed by atoms with Gasteiger partial charge in [-0.3, -0.25) is 9.28 Å². The summed E-state index contributed by atoms with van der Waals surface area (Å²) in [6.07, 6.45) is 4.93. The summed E-state index contributed by atoms with van der Waals surface area (Å²) in [7, 11) is 2.10. The molecular formula is C30H16N3O+. The lowest BCUT2D eigenvalue weighted by atomic mass is 10.4. The molecule has 156 valence electrons. The van der Waals surface area contributed by atoms with Crippen LogP contribution in [0.4, 0.5) is 0 Å². The van der Waals surface area contributed by atoms with Gasteiger partial charge in [-0.25, -0.2) is 4.99 Å². The zero-order valence-corrected chi connectivity index (χ0v) is 18.7. The van der Waals surface area contributed by atoms with Crippen LogP contribution in [0.1, 0.15) is 6.92 Å². The van der Waals surface area contributed by atoms with Gasteiger partial charge >= 0.3 is 0 Å². The predicted octanol–water partition coefficient (Wildman–Crippen LogP) is -0.352. The zero-order valence-electron chi connectivity index (χ0n) is 18.7. The van der Waals surface area contributed by atoms with Crippen LogP contribution in [-0.2, 0) is 4.79 Å². The van der Waals surface area contributed by atoms with Crippen molar-refractivity contribution in [3.8, 4) is 131 Å². The molecule has 0 bridgehead atoms. The number of hydrogen-bond acceptors (Lipinski definition) is 2. The van der Waals surface area contributed by atoms with E-state index in [0.717, 1.165) is 30.0 Å². The normalized spacial score (nSPS) is 12.8. The van der Waals surface area contributed by atoms with Crippen LogP contribution in [0.3, 0.4) is 0 Å². The minimum atomic E-state index is -0.379. The van der Waals surface area contributed by atoms with Crippen molar-refractivity contribution >= 4 is 11.7 Å². The van der Waals surface area contributed by atoms with Gasteiger partial charge in [-0.15, -0.1) is 6.42 Å². The Hall–Kier alpha value is -5.74. The second kappa shape index (κ2) is 17.0. The van der Waals surface area contributed by atoms with Crippen molar-refractivity contribution in [2.75, 3.05) is 33.2 Å². The van der Waals surface area contributed by atoms with Crippen molar-refractivity contribution in [2.24, 2.45) is 4.99 Å². The standard InChI is InChI=1S/C30H15N3O/c1-4-5-6-7-8-9-10-11-12-13-14-15-16-17-18-19-20-21-22-23-24-30(34)32-26-28-33(3)27-25-31-29(33)2/h1H,25-28H2,2-3H3/p+1. The summed E-state index contributed by atoms with van der Waals surface area (Å²) in [6.45, 7) is 5.07. The topological polar surface area (TPSA) is 41.5 Å². The Morgan fingerprint density at radius 1 is 0.794 bits per heavy atom. The maximum Gasteiger partial charge on any atom is 0.297 e. The molecule has 0 aromatic rings. The minimum absolute atomic E-state index is 0.379. The van der Waals surface area contributed by atoms with Gasteiger partial charge in [-0.2, -0.15) is 0 Å². The van der Waals surface area contributed by atoms with Gasteiger partial charge < -0.3 is 5.32 Å². The van der Waals surface area contributed by atoms with Crippen molar-refractivity contribution in [3.63, 3.8) is 0 Å². The van der Waals surface area contributed by atoms with E-state index in [1.54, 1.807) is 0 Å². The highest BCUT2D eigenvalue weighted by Crippen LogP contribution is 2.10. The van der Waals surface area contributed by atoms with Crippen LogP contribution in [-0.4, -0.2) is 49.5 Å².